The van der Waals surface area contributed by atoms with Gasteiger partial charge in [0.25, 0.3) is 0 Å². The summed E-state index contributed by atoms with van der Waals surface area (Å²) in [5.41, 5.74) is 15.4. The summed E-state index contributed by atoms with van der Waals surface area (Å²) in [6, 6.07) is 76.9. The molecule has 3 aliphatic rings. The number of benzene rings is 9. The molecule has 5 heterocycles. The molecule has 0 aliphatic carbocycles. The van der Waals surface area contributed by atoms with Crippen molar-refractivity contribution in [3.8, 4) is 22.9 Å². The predicted octanol–water partition coefficient (Wildman–Crippen LogP) is 14.7. The van der Waals surface area contributed by atoms with Crippen LogP contribution in [0.25, 0.3) is 55.0 Å². The van der Waals surface area contributed by atoms with E-state index >= 15 is 0 Å². The summed E-state index contributed by atoms with van der Waals surface area (Å²) >= 11 is 0. The quantitative estimate of drug-likeness (QED) is 0.170. The number of amidine groups is 1. The minimum atomic E-state index is -0.663. The third-order valence-corrected chi connectivity index (χ3v) is 14.6. The number of para-hydroxylation sites is 5. The van der Waals surface area contributed by atoms with E-state index in [1.54, 1.807) is 0 Å². The van der Waals surface area contributed by atoms with E-state index in [1.165, 1.54) is 44.2 Å². The van der Waals surface area contributed by atoms with Gasteiger partial charge in [-0.25, -0.2) is 4.99 Å². The van der Waals surface area contributed by atoms with Crippen LogP contribution in [-0.2, 0) is 5.41 Å². The fourth-order valence-corrected chi connectivity index (χ4v) is 11.9. The van der Waals surface area contributed by atoms with Gasteiger partial charge in [0.2, 0.25) is 0 Å². The van der Waals surface area contributed by atoms with E-state index < -0.39 is 5.41 Å². The molecule has 5 nitrogen and oxygen atoms in total. The van der Waals surface area contributed by atoms with E-state index in [1.807, 2.05) is 6.07 Å². The van der Waals surface area contributed by atoms with Crippen LogP contribution < -0.4 is 4.74 Å². The van der Waals surface area contributed by atoms with Gasteiger partial charge in [-0.05, 0) is 71.1 Å². The van der Waals surface area contributed by atoms with Crippen LogP contribution in [0.2, 0.25) is 0 Å². The Labute approximate surface area is 382 Å². The number of rotatable bonds is 5. The number of fused-ring (bicyclic) bond motifs is 15. The fraction of sp³-hybridized carbons (Fsp3) is 0.0820. The van der Waals surface area contributed by atoms with Gasteiger partial charge in [0.05, 0.1) is 50.3 Å². The molecule has 0 bridgehead atoms. The van der Waals surface area contributed by atoms with E-state index in [9.17, 15) is 0 Å². The number of aromatic nitrogens is 2. The molecular weight excluding hydrogens is 805 g/mol. The number of aliphatic imine (C=N–C) groups is 2. The molecule has 0 amide bonds. The van der Waals surface area contributed by atoms with E-state index in [0.717, 1.165) is 79.2 Å². The predicted molar refractivity (Wildman–Crippen MR) is 270 cm³/mol. The molecule has 2 aromatic heterocycles. The van der Waals surface area contributed by atoms with Gasteiger partial charge in [0.15, 0.2) is 5.84 Å². The monoisotopic (exact) mass is 846 g/mol. The molecule has 0 saturated carbocycles. The van der Waals surface area contributed by atoms with Crippen LogP contribution in [0.15, 0.2) is 222 Å². The van der Waals surface area contributed by atoms with Gasteiger partial charge >= 0.3 is 0 Å². The first-order chi connectivity index (χ1) is 32.7. The summed E-state index contributed by atoms with van der Waals surface area (Å²) in [6.45, 7) is 2.26. The summed E-state index contributed by atoms with van der Waals surface area (Å²) in [6.07, 6.45) is 0.897. The zero-order valence-corrected chi connectivity index (χ0v) is 36.3. The number of ether oxygens (including phenoxy) is 1. The molecule has 3 aliphatic heterocycles. The SMILES string of the molecule is CCC1C(c2cccc(-n3c4ccccc4c4c5c(ccc43)C3(c4ccccc4O5)c4ccccc4-n4c5ccccc5c5cccc3c54)c2)=NC(c2ccccc2)=NC1c1ccccc1. The molecule has 9 aromatic carbocycles. The molecule has 0 N–H and O–H groups in total. The molecular formula is C61H42N4O. The van der Waals surface area contributed by atoms with Crippen molar-refractivity contribution < 1.29 is 4.74 Å². The van der Waals surface area contributed by atoms with Crippen LogP contribution in [0.3, 0.4) is 0 Å². The molecule has 11 aromatic rings. The van der Waals surface area contributed by atoms with Gasteiger partial charge in [0, 0.05) is 44.5 Å². The number of hydrogen-bond acceptors (Lipinski definition) is 3. The zero-order chi connectivity index (χ0) is 43.5. The highest BCUT2D eigenvalue weighted by atomic mass is 16.5. The highest BCUT2D eigenvalue weighted by Crippen LogP contribution is 2.62. The van der Waals surface area contributed by atoms with Crippen LogP contribution in [-0.4, -0.2) is 20.7 Å². The summed E-state index contributed by atoms with van der Waals surface area (Å²) in [5, 5.41) is 4.75. The summed E-state index contributed by atoms with van der Waals surface area (Å²) in [5.74, 6) is 2.62. The van der Waals surface area contributed by atoms with Crippen molar-refractivity contribution in [2.24, 2.45) is 15.9 Å². The Balaban J connectivity index is 1.02. The zero-order valence-electron chi connectivity index (χ0n) is 36.3. The smallest absolute Gasteiger partial charge is 0.155 e. The third-order valence-electron chi connectivity index (χ3n) is 14.6. The second-order valence-corrected chi connectivity index (χ2v) is 17.8. The second kappa shape index (κ2) is 14.1. The molecule has 0 saturated heterocycles. The molecule has 14 rings (SSSR count). The van der Waals surface area contributed by atoms with Crippen molar-refractivity contribution in [3.05, 3.63) is 251 Å². The van der Waals surface area contributed by atoms with Crippen molar-refractivity contribution in [3.63, 3.8) is 0 Å². The van der Waals surface area contributed by atoms with Gasteiger partial charge in [-0.15, -0.1) is 0 Å². The molecule has 3 atom stereocenters. The first-order valence-corrected chi connectivity index (χ1v) is 23.1. The number of nitrogens with zero attached hydrogens (tertiary/aromatic N) is 4. The average molecular weight is 847 g/mol. The lowest BCUT2D eigenvalue weighted by Crippen LogP contribution is -2.37. The van der Waals surface area contributed by atoms with E-state index in [-0.39, 0.29) is 12.0 Å². The highest BCUT2D eigenvalue weighted by molar-refractivity contribution is 6.17. The maximum Gasteiger partial charge on any atom is 0.155 e. The molecule has 0 radical (unpaired) electrons. The molecule has 312 valence electrons. The van der Waals surface area contributed by atoms with Crippen molar-refractivity contribution >= 4 is 55.2 Å². The normalized spacial score (nSPS) is 18.2. The largest absolute Gasteiger partial charge is 0.456 e. The Hall–Kier alpha value is -8.28. The minimum absolute atomic E-state index is 0.0633. The summed E-state index contributed by atoms with van der Waals surface area (Å²) < 4.78 is 12.2. The molecule has 1 spiro atoms. The van der Waals surface area contributed by atoms with E-state index in [2.05, 4.69) is 222 Å². The Bertz CT molecular complexity index is 3860. The van der Waals surface area contributed by atoms with Crippen molar-refractivity contribution in [1.82, 2.24) is 9.13 Å². The van der Waals surface area contributed by atoms with Gasteiger partial charge < -0.3 is 13.9 Å². The van der Waals surface area contributed by atoms with Crippen LogP contribution in [0.4, 0.5) is 0 Å². The number of hydrogen-bond donors (Lipinski definition) is 0. The maximum absolute atomic E-state index is 7.34. The van der Waals surface area contributed by atoms with Crippen LogP contribution >= 0.6 is 0 Å². The molecule has 5 heteroatoms. The van der Waals surface area contributed by atoms with Crippen molar-refractivity contribution in [2.45, 2.75) is 24.8 Å². The Morgan fingerprint density at radius 3 is 2.00 bits per heavy atom. The standard InChI is InChI=1S/C61H42N4O/c1-2-42-56(38-19-5-3-6-20-38)62-60(39-21-7-4-8-22-39)63-57(42)40-23-17-24-41(37-40)64-51-32-14-10-26-45(51)55-53(64)36-35-49-59(55)66-54-34-16-12-29-47(54)61(49)46-28-11-15-33-52(46)65-50-31-13-9-25-43(50)44-27-18-30-48(61)58(44)65/h3-37,42,56H,2H2,1H3. The van der Waals surface area contributed by atoms with Gasteiger partial charge in [-0.2, -0.15) is 0 Å². The molecule has 66 heavy (non-hydrogen) atoms. The van der Waals surface area contributed by atoms with Crippen LogP contribution in [0, 0.1) is 5.92 Å². The van der Waals surface area contributed by atoms with Crippen LogP contribution in [0.5, 0.6) is 11.5 Å². The summed E-state index contributed by atoms with van der Waals surface area (Å²) in [7, 11) is 0. The highest BCUT2D eigenvalue weighted by Gasteiger charge is 2.51. The van der Waals surface area contributed by atoms with E-state index in [4.69, 9.17) is 14.7 Å². The lowest BCUT2D eigenvalue weighted by molar-refractivity contribution is 0.439. The van der Waals surface area contributed by atoms with E-state index in [0.29, 0.717) is 0 Å². The first kappa shape index (κ1) is 37.1. The van der Waals surface area contributed by atoms with Gasteiger partial charge in [-0.3, -0.25) is 4.99 Å². The minimum Gasteiger partial charge on any atom is -0.456 e. The third kappa shape index (κ3) is 5.00. The second-order valence-electron chi connectivity index (χ2n) is 17.8. The fourth-order valence-electron chi connectivity index (χ4n) is 11.9. The average Bonchev–Trinajstić information content (AvgIpc) is 3.92. The van der Waals surface area contributed by atoms with Gasteiger partial charge in [-0.1, -0.05) is 177 Å². The summed E-state index contributed by atoms with van der Waals surface area (Å²) in [4.78, 5) is 10.8. The lowest BCUT2D eigenvalue weighted by atomic mass is 9.61. The van der Waals surface area contributed by atoms with Gasteiger partial charge in [0.1, 0.15) is 11.5 Å². The Kier molecular flexibility index (Phi) is 7.94. The maximum atomic E-state index is 7.34. The molecule has 3 unspecified atom stereocenters. The van der Waals surface area contributed by atoms with Crippen LogP contribution in [0.1, 0.15) is 58.3 Å². The first-order valence-electron chi connectivity index (χ1n) is 23.1. The Morgan fingerprint density at radius 2 is 1.17 bits per heavy atom. The lowest BCUT2D eigenvalue weighted by Gasteiger charge is -2.45. The molecule has 0 fully saturated rings. The van der Waals surface area contributed by atoms with Crippen molar-refractivity contribution in [2.75, 3.05) is 0 Å². The Morgan fingerprint density at radius 1 is 0.515 bits per heavy atom. The van der Waals surface area contributed by atoms with Crippen molar-refractivity contribution in [1.29, 1.82) is 0 Å². The topological polar surface area (TPSA) is 43.8 Å².